The number of benzene rings is 1. The quantitative estimate of drug-likeness (QED) is 0.867. The van der Waals surface area contributed by atoms with Gasteiger partial charge in [0, 0.05) is 12.2 Å². The molecule has 0 aromatic heterocycles. The first kappa shape index (κ1) is 14.7. The zero-order valence-corrected chi connectivity index (χ0v) is 13.1. The average Bonchev–Trinajstić information content (AvgIpc) is 2.78. The van der Waals surface area contributed by atoms with Crippen LogP contribution < -0.4 is 10.2 Å². The Labute approximate surface area is 133 Å². The van der Waals surface area contributed by atoms with E-state index in [1.54, 1.807) is 11.8 Å². The zero-order valence-electron chi connectivity index (χ0n) is 11.6. The third-order valence-corrected chi connectivity index (χ3v) is 5.44. The highest BCUT2D eigenvalue weighted by Gasteiger charge is 2.68. The highest BCUT2D eigenvalue weighted by atomic mass is 35.5. The van der Waals surface area contributed by atoms with Crippen LogP contribution in [-0.2, 0) is 9.59 Å². The highest BCUT2D eigenvalue weighted by Crippen LogP contribution is 2.63. The second-order valence-corrected chi connectivity index (χ2v) is 7.34. The van der Waals surface area contributed by atoms with Crippen LogP contribution in [0.15, 0.2) is 30.3 Å². The zero-order chi connectivity index (χ0) is 15.3. The normalized spacial score (nSPS) is 30.3. The lowest BCUT2D eigenvalue weighted by Gasteiger charge is -2.19. The molecule has 3 rings (SSSR count). The summed E-state index contributed by atoms with van der Waals surface area (Å²) in [5.41, 5.74) is 0.0530. The molecule has 1 aliphatic heterocycles. The van der Waals surface area contributed by atoms with Crippen LogP contribution in [0.5, 0.6) is 0 Å². The minimum absolute atomic E-state index is 0.0893. The number of para-hydroxylation sites is 1. The second-order valence-electron chi connectivity index (χ2n) is 5.85. The standard InChI is InChI=1S/C15H16Cl2N2O2/c1-14(9-15(14,16)17)13(21)18-11-7-8-19(12(11)20)10-5-3-2-4-6-10/h2-6,11H,7-9H2,1H3,(H,18,21)/t11-,14-/m0/s1. The average molecular weight is 327 g/mol. The smallest absolute Gasteiger partial charge is 0.249 e. The van der Waals surface area contributed by atoms with Crippen molar-refractivity contribution >= 4 is 40.7 Å². The van der Waals surface area contributed by atoms with Gasteiger partial charge in [0.05, 0.1) is 5.41 Å². The third kappa shape index (κ3) is 2.40. The molecular weight excluding hydrogens is 311 g/mol. The Morgan fingerprint density at radius 2 is 1.95 bits per heavy atom. The first-order chi connectivity index (χ1) is 9.85. The van der Waals surface area contributed by atoms with Crippen molar-refractivity contribution in [3.8, 4) is 0 Å². The number of nitrogens with one attached hydrogen (secondary N) is 1. The van der Waals surface area contributed by atoms with Crippen molar-refractivity contribution in [2.75, 3.05) is 11.4 Å². The van der Waals surface area contributed by atoms with Crippen molar-refractivity contribution in [2.45, 2.75) is 30.1 Å². The van der Waals surface area contributed by atoms with E-state index < -0.39 is 15.8 Å². The van der Waals surface area contributed by atoms with Crippen molar-refractivity contribution in [3.63, 3.8) is 0 Å². The second kappa shape index (κ2) is 4.89. The summed E-state index contributed by atoms with van der Waals surface area (Å²) >= 11 is 12.0. The Balaban J connectivity index is 1.67. The molecular formula is C15H16Cl2N2O2. The molecule has 0 spiro atoms. The summed E-state index contributed by atoms with van der Waals surface area (Å²) < 4.78 is -1.02. The maximum absolute atomic E-state index is 12.4. The van der Waals surface area contributed by atoms with Gasteiger partial charge in [0.15, 0.2) is 0 Å². The Kier molecular flexibility index (Phi) is 3.41. The van der Waals surface area contributed by atoms with Gasteiger partial charge in [-0.1, -0.05) is 18.2 Å². The van der Waals surface area contributed by atoms with E-state index >= 15 is 0 Å². The molecule has 1 aliphatic carbocycles. The molecule has 1 N–H and O–H groups in total. The molecule has 1 heterocycles. The van der Waals surface area contributed by atoms with Gasteiger partial charge < -0.3 is 10.2 Å². The predicted molar refractivity (Wildman–Crippen MR) is 82.5 cm³/mol. The van der Waals surface area contributed by atoms with Crippen molar-refractivity contribution < 1.29 is 9.59 Å². The molecule has 2 amide bonds. The minimum Gasteiger partial charge on any atom is -0.344 e. The molecule has 1 aromatic carbocycles. The number of nitrogens with zero attached hydrogens (tertiary/aromatic N) is 1. The number of hydrogen-bond acceptors (Lipinski definition) is 2. The number of carbonyl (C=O) groups excluding carboxylic acids is 2. The molecule has 2 aliphatic rings. The van der Waals surface area contributed by atoms with Crippen LogP contribution >= 0.6 is 23.2 Å². The summed E-state index contributed by atoms with van der Waals surface area (Å²) in [6.07, 6.45) is 1.01. The summed E-state index contributed by atoms with van der Waals surface area (Å²) in [6.45, 7) is 2.31. The molecule has 1 saturated heterocycles. The highest BCUT2D eigenvalue weighted by molar-refractivity contribution is 6.53. The molecule has 4 nitrogen and oxygen atoms in total. The predicted octanol–water partition coefficient (Wildman–Crippen LogP) is 2.49. The Bertz CT molecular complexity index is 591. The number of amides is 2. The van der Waals surface area contributed by atoms with Gasteiger partial charge in [0.25, 0.3) is 0 Å². The Morgan fingerprint density at radius 3 is 2.52 bits per heavy atom. The number of hydrogen-bond donors (Lipinski definition) is 1. The number of alkyl halides is 2. The summed E-state index contributed by atoms with van der Waals surface area (Å²) in [5.74, 6) is -0.339. The van der Waals surface area contributed by atoms with Crippen LogP contribution in [0.2, 0.25) is 0 Å². The van der Waals surface area contributed by atoms with E-state index in [4.69, 9.17) is 23.2 Å². The van der Waals surface area contributed by atoms with Gasteiger partial charge >= 0.3 is 0 Å². The van der Waals surface area contributed by atoms with Crippen molar-refractivity contribution in [1.82, 2.24) is 5.32 Å². The van der Waals surface area contributed by atoms with Gasteiger partial charge in [0.2, 0.25) is 11.8 Å². The van der Waals surface area contributed by atoms with E-state index in [2.05, 4.69) is 5.32 Å². The fourth-order valence-corrected chi connectivity index (χ4v) is 3.35. The van der Waals surface area contributed by atoms with Gasteiger partial charge in [-0.15, -0.1) is 23.2 Å². The van der Waals surface area contributed by atoms with E-state index in [-0.39, 0.29) is 11.8 Å². The van der Waals surface area contributed by atoms with Crippen molar-refractivity contribution in [3.05, 3.63) is 30.3 Å². The van der Waals surface area contributed by atoms with Crippen LogP contribution in [-0.4, -0.2) is 28.7 Å². The maximum Gasteiger partial charge on any atom is 0.249 e. The fraction of sp³-hybridized carbons (Fsp3) is 0.467. The number of halogens is 2. The van der Waals surface area contributed by atoms with E-state index in [1.807, 2.05) is 30.3 Å². The van der Waals surface area contributed by atoms with Crippen LogP contribution in [0, 0.1) is 5.41 Å². The molecule has 1 saturated carbocycles. The molecule has 0 unspecified atom stereocenters. The van der Waals surface area contributed by atoms with Gasteiger partial charge in [-0.3, -0.25) is 9.59 Å². The molecule has 112 valence electrons. The summed E-state index contributed by atoms with van der Waals surface area (Å²) in [4.78, 5) is 26.3. The van der Waals surface area contributed by atoms with Crippen molar-refractivity contribution in [2.24, 2.45) is 5.41 Å². The molecule has 6 heteroatoms. The molecule has 21 heavy (non-hydrogen) atoms. The lowest BCUT2D eigenvalue weighted by molar-refractivity contribution is -0.129. The van der Waals surface area contributed by atoms with E-state index in [1.165, 1.54) is 0 Å². The third-order valence-electron chi connectivity index (χ3n) is 4.34. The summed E-state index contributed by atoms with van der Waals surface area (Å²) in [6, 6.07) is 8.93. The first-order valence-electron chi connectivity index (χ1n) is 6.90. The minimum atomic E-state index is -1.02. The number of anilines is 1. The van der Waals surface area contributed by atoms with E-state index in [0.717, 1.165) is 5.69 Å². The summed E-state index contributed by atoms with van der Waals surface area (Å²) in [5, 5.41) is 2.79. The van der Waals surface area contributed by atoms with E-state index in [9.17, 15) is 9.59 Å². The monoisotopic (exact) mass is 326 g/mol. The lowest BCUT2D eigenvalue weighted by Crippen LogP contribution is -2.45. The van der Waals surface area contributed by atoms with Gasteiger partial charge in [-0.2, -0.15) is 0 Å². The Hall–Kier alpha value is -1.26. The van der Waals surface area contributed by atoms with Crippen LogP contribution in [0.3, 0.4) is 0 Å². The van der Waals surface area contributed by atoms with Gasteiger partial charge in [0.1, 0.15) is 10.4 Å². The molecule has 2 atom stereocenters. The number of rotatable bonds is 3. The SMILES string of the molecule is C[C@@]1(C(=O)N[C@H]2CCN(c3ccccc3)C2=O)CC1(Cl)Cl. The van der Waals surface area contributed by atoms with Gasteiger partial charge in [-0.25, -0.2) is 0 Å². The maximum atomic E-state index is 12.4. The van der Waals surface area contributed by atoms with Crippen LogP contribution in [0.1, 0.15) is 19.8 Å². The largest absolute Gasteiger partial charge is 0.344 e. The van der Waals surface area contributed by atoms with E-state index in [0.29, 0.717) is 19.4 Å². The molecule has 1 aromatic rings. The number of carbonyl (C=O) groups is 2. The first-order valence-corrected chi connectivity index (χ1v) is 7.66. The fourth-order valence-electron chi connectivity index (χ4n) is 2.64. The van der Waals surface area contributed by atoms with Gasteiger partial charge in [-0.05, 0) is 31.9 Å². The summed E-state index contributed by atoms with van der Waals surface area (Å²) in [7, 11) is 0. The van der Waals surface area contributed by atoms with Crippen molar-refractivity contribution in [1.29, 1.82) is 0 Å². The van der Waals surface area contributed by atoms with Crippen LogP contribution in [0.25, 0.3) is 0 Å². The molecule has 0 radical (unpaired) electrons. The molecule has 2 fully saturated rings. The molecule has 0 bridgehead atoms. The topological polar surface area (TPSA) is 49.4 Å². The van der Waals surface area contributed by atoms with Crippen LogP contribution in [0.4, 0.5) is 5.69 Å². The lowest BCUT2D eigenvalue weighted by atomic mass is 10.1. The Morgan fingerprint density at radius 1 is 1.33 bits per heavy atom.